The van der Waals surface area contributed by atoms with Gasteiger partial charge in [0, 0.05) is 0 Å². The molecule has 1 aromatic rings. The van der Waals surface area contributed by atoms with E-state index in [0.717, 1.165) is 12.4 Å². The van der Waals surface area contributed by atoms with Gasteiger partial charge in [0.1, 0.15) is 0 Å². The van der Waals surface area contributed by atoms with E-state index in [9.17, 15) is 9.59 Å². The Kier molecular flexibility index (Phi) is 5.75. The Morgan fingerprint density at radius 2 is 1.36 bits per heavy atom. The maximum atomic E-state index is 10.3. The molecular weight excluding hydrogens is 196 g/mol. The first-order valence-electron chi connectivity index (χ1n) is 2.90. The number of rotatable bonds is 2. The van der Waals surface area contributed by atoms with Gasteiger partial charge in [0.05, 0.1) is 12.4 Å². The first-order valence-corrected chi connectivity index (χ1v) is 2.90. The van der Waals surface area contributed by atoms with E-state index in [4.69, 9.17) is 10.2 Å². The first kappa shape index (κ1) is 14.5. The molecule has 1 rings (SSSR count). The fourth-order valence-corrected chi connectivity index (χ4v) is 0.572. The molecule has 0 spiro atoms. The molecule has 1 aromatic heterocycles. The minimum Gasteiger partial charge on any atom is -0.476 e. The molecule has 0 saturated heterocycles. The molecule has 1 heterocycles. The quantitative estimate of drug-likeness (QED) is 0.578. The summed E-state index contributed by atoms with van der Waals surface area (Å²) in [5, 5.41) is 16.8. The number of carbonyl (C=O) groups is 2. The summed E-state index contributed by atoms with van der Waals surface area (Å²) in [6.45, 7) is 0. The number of carboxylic acids is 2. The molecule has 0 amide bonds. The Morgan fingerprint density at radius 1 is 1.00 bits per heavy atom. The molecule has 78 valence electrons. The summed E-state index contributed by atoms with van der Waals surface area (Å²) >= 11 is 0. The Labute approximate surface area is 77.5 Å². The molecule has 0 aliphatic heterocycles. The van der Waals surface area contributed by atoms with Crippen molar-refractivity contribution in [2.75, 3.05) is 0 Å². The number of nitrogens with zero attached hydrogens (tertiary/aromatic N) is 2. The maximum absolute atomic E-state index is 10.3. The zero-order valence-corrected chi connectivity index (χ0v) is 6.76. The van der Waals surface area contributed by atoms with Crippen LogP contribution in [-0.2, 0) is 0 Å². The van der Waals surface area contributed by atoms with Crippen molar-refractivity contribution in [1.29, 1.82) is 0 Å². The van der Waals surface area contributed by atoms with Crippen molar-refractivity contribution < 1.29 is 30.8 Å². The van der Waals surface area contributed by atoms with Crippen LogP contribution in [0.1, 0.15) is 21.0 Å². The van der Waals surface area contributed by atoms with Crippen molar-refractivity contribution in [1.82, 2.24) is 9.97 Å². The van der Waals surface area contributed by atoms with Gasteiger partial charge in [-0.05, 0) is 0 Å². The molecular formula is C6H8N2O6. The number of aromatic carboxylic acids is 2. The molecule has 0 aliphatic rings. The second-order valence-corrected chi connectivity index (χ2v) is 1.90. The average molecular weight is 204 g/mol. The summed E-state index contributed by atoms with van der Waals surface area (Å²) in [6.07, 6.45) is 1.96. The van der Waals surface area contributed by atoms with Crippen molar-refractivity contribution in [2.24, 2.45) is 0 Å². The number of aromatic nitrogens is 2. The van der Waals surface area contributed by atoms with Gasteiger partial charge in [-0.1, -0.05) is 0 Å². The number of hydrogen-bond acceptors (Lipinski definition) is 4. The average Bonchev–Trinajstić information content (AvgIpc) is 2.04. The third-order valence-corrected chi connectivity index (χ3v) is 1.07. The highest BCUT2D eigenvalue weighted by Crippen LogP contribution is 1.95. The highest BCUT2D eigenvalue weighted by atomic mass is 16.4. The van der Waals surface area contributed by atoms with Crippen LogP contribution in [0.4, 0.5) is 0 Å². The highest BCUT2D eigenvalue weighted by Gasteiger charge is 2.09. The maximum Gasteiger partial charge on any atom is 0.356 e. The summed E-state index contributed by atoms with van der Waals surface area (Å²) in [5.74, 6) is -2.60. The summed E-state index contributed by atoms with van der Waals surface area (Å²) < 4.78 is 0. The highest BCUT2D eigenvalue weighted by molar-refractivity contribution is 5.89. The van der Waals surface area contributed by atoms with E-state index in [-0.39, 0.29) is 22.3 Å². The van der Waals surface area contributed by atoms with Gasteiger partial charge in [0.15, 0.2) is 11.4 Å². The van der Waals surface area contributed by atoms with E-state index >= 15 is 0 Å². The molecule has 8 heteroatoms. The van der Waals surface area contributed by atoms with E-state index in [1.165, 1.54) is 0 Å². The van der Waals surface area contributed by atoms with E-state index in [2.05, 4.69) is 9.97 Å². The largest absolute Gasteiger partial charge is 0.476 e. The molecule has 0 atom stereocenters. The molecule has 0 saturated carbocycles. The van der Waals surface area contributed by atoms with Gasteiger partial charge in [-0.2, -0.15) is 0 Å². The predicted octanol–water partition coefficient (Wildman–Crippen LogP) is -1.78. The lowest BCUT2D eigenvalue weighted by molar-refractivity contribution is 0.0684. The minimum absolute atomic E-state index is 0. The van der Waals surface area contributed by atoms with Crippen molar-refractivity contribution >= 4 is 11.9 Å². The number of carboxylic acid groups (broad SMARTS) is 2. The molecule has 0 fully saturated rings. The Morgan fingerprint density at radius 3 is 1.64 bits per heavy atom. The van der Waals surface area contributed by atoms with Crippen LogP contribution < -0.4 is 0 Å². The number of hydrogen-bond donors (Lipinski definition) is 2. The van der Waals surface area contributed by atoms with Gasteiger partial charge < -0.3 is 21.2 Å². The topological polar surface area (TPSA) is 163 Å². The van der Waals surface area contributed by atoms with Crippen LogP contribution in [0.25, 0.3) is 0 Å². The molecule has 0 aliphatic carbocycles. The summed E-state index contributed by atoms with van der Waals surface area (Å²) in [7, 11) is 0. The van der Waals surface area contributed by atoms with Gasteiger partial charge in [-0.15, -0.1) is 0 Å². The van der Waals surface area contributed by atoms with Gasteiger partial charge in [-0.3, -0.25) is 4.98 Å². The van der Waals surface area contributed by atoms with E-state index < -0.39 is 11.9 Å². The van der Waals surface area contributed by atoms with E-state index in [1.54, 1.807) is 0 Å². The van der Waals surface area contributed by atoms with E-state index in [1.807, 2.05) is 0 Å². The van der Waals surface area contributed by atoms with Crippen LogP contribution >= 0.6 is 0 Å². The lowest BCUT2D eigenvalue weighted by Crippen LogP contribution is -2.07. The predicted molar refractivity (Wildman–Crippen MR) is 43.2 cm³/mol. The summed E-state index contributed by atoms with van der Waals surface area (Å²) in [4.78, 5) is 27.3. The van der Waals surface area contributed by atoms with E-state index in [0.29, 0.717) is 0 Å². The fraction of sp³-hybridized carbons (Fsp3) is 0. The van der Waals surface area contributed by atoms with Crippen molar-refractivity contribution in [3.8, 4) is 0 Å². The Bertz CT molecular complexity index is 310. The van der Waals surface area contributed by atoms with Gasteiger partial charge in [0.2, 0.25) is 0 Å². The molecule has 0 radical (unpaired) electrons. The molecule has 0 unspecified atom stereocenters. The lowest BCUT2D eigenvalue weighted by atomic mass is 10.4. The van der Waals surface area contributed by atoms with Crippen LogP contribution in [0.2, 0.25) is 0 Å². The Hall–Kier alpha value is -2.06. The molecule has 0 aromatic carbocycles. The minimum atomic E-state index is -1.30. The van der Waals surface area contributed by atoms with Gasteiger partial charge in [0.25, 0.3) is 0 Å². The fourth-order valence-electron chi connectivity index (χ4n) is 0.572. The van der Waals surface area contributed by atoms with Crippen LogP contribution in [0.3, 0.4) is 0 Å². The smallest absolute Gasteiger partial charge is 0.356 e. The SMILES string of the molecule is O.O.O=C(O)c1cncc(C(=O)O)n1. The third kappa shape index (κ3) is 3.13. The summed E-state index contributed by atoms with van der Waals surface area (Å²) in [5.41, 5.74) is -0.759. The second-order valence-electron chi connectivity index (χ2n) is 1.90. The molecule has 8 nitrogen and oxygen atoms in total. The van der Waals surface area contributed by atoms with Gasteiger partial charge >= 0.3 is 11.9 Å². The van der Waals surface area contributed by atoms with Crippen molar-refractivity contribution in [2.45, 2.75) is 0 Å². The molecule has 6 N–H and O–H groups in total. The second kappa shape index (κ2) is 5.56. The first-order chi connectivity index (χ1) is 5.61. The van der Waals surface area contributed by atoms with Crippen molar-refractivity contribution in [3.63, 3.8) is 0 Å². The normalized spacial score (nSPS) is 8.00. The lowest BCUT2D eigenvalue weighted by Gasteiger charge is -1.93. The van der Waals surface area contributed by atoms with Crippen molar-refractivity contribution in [3.05, 3.63) is 23.8 Å². The zero-order chi connectivity index (χ0) is 9.14. The molecule has 0 bridgehead atoms. The van der Waals surface area contributed by atoms with Crippen LogP contribution in [0.15, 0.2) is 12.4 Å². The standard InChI is InChI=1S/C6H4N2O4.2H2O/c9-5(10)3-1-7-2-4(8-3)6(11)12;;/h1-2H,(H,9,10)(H,11,12);2*1H2. The summed E-state index contributed by atoms with van der Waals surface area (Å²) in [6, 6.07) is 0. The Balaban J connectivity index is 0. The third-order valence-electron chi connectivity index (χ3n) is 1.07. The van der Waals surface area contributed by atoms with Crippen LogP contribution in [0, 0.1) is 0 Å². The van der Waals surface area contributed by atoms with Gasteiger partial charge in [-0.25, -0.2) is 14.6 Å². The zero-order valence-electron chi connectivity index (χ0n) is 6.76. The van der Waals surface area contributed by atoms with Crippen LogP contribution in [0.5, 0.6) is 0 Å². The monoisotopic (exact) mass is 204 g/mol. The van der Waals surface area contributed by atoms with Crippen LogP contribution in [-0.4, -0.2) is 43.1 Å². The molecule has 14 heavy (non-hydrogen) atoms.